The fraction of sp³-hybridized carbons (Fsp3) is 0.333. The molecule has 0 amide bonds. The van der Waals surface area contributed by atoms with Crippen molar-refractivity contribution < 1.29 is 9.84 Å². The normalized spacial score (nSPS) is 15.3. The number of aliphatic hydroxyl groups is 1. The Balaban J connectivity index is 1.75. The van der Waals surface area contributed by atoms with Gasteiger partial charge in [-0.15, -0.1) is 11.8 Å². The lowest BCUT2D eigenvalue weighted by molar-refractivity contribution is 0.215. The molecule has 1 N–H and O–H groups in total. The minimum absolute atomic E-state index is 0.0218. The van der Waals surface area contributed by atoms with Gasteiger partial charge in [0.2, 0.25) is 0 Å². The predicted molar refractivity (Wildman–Crippen MR) is 91.8 cm³/mol. The summed E-state index contributed by atoms with van der Waals surface area (Å²) in [6.07, 6.45) is 0.640. The van der Waals surface area contributed by atoms with Gasteiger partial charge in [0.1, 0.15) is 5.75 Å². The van der Waals surface area contributed by atoms with Crippen molar-refractivity contribution in [3.63, 3.8) is 0 Å². The first-order valence-electron chi connectivity index (χ1n) is 7.63. The predicted octanol–water partition coefficient (Wildman–Crippen LogP) is 3.56. The van der Waals surface area contributed by atoms with E-state index in [1.54, 1.807) is 0 Å². The molecule has 1 atom stereocenters. The number of hydrogen-bond donors (Lipinski definition) is 1. The van der Waals surface area contributed by atoms with E-state index in [0.29, 0.717) is 6.42 Å². The Hall–Kier alpha value is -1.65. The first-order valence-corrected chi connectivity index (χ1v) is 8.61. The lowest BCUT2D eigenvalue weighted by Crippen LogP contribution is -2.40. The van der Waals surface area contributed by atoms with Crippen LogP contribution >= 0.6 is 11.8 Å². The van der Waals surface area contributed by atoms with Gasteiger partial charge in [-0.25, -0.2) is 0 Å². The van der Waals surface area contributed by atoms with Crippen LogP contribution in [0.1, 0.15) is 12.5 Å². The van der Waals surface area contributed by atoms with Crippen LogP contribution in [-0.2, 0) is 6.42 Å². The minimum atomic E-state index is -0.0218. The molecule has 1 heterocycles. The molecular formula is C18H21NO2S. The SMILES string of the molecule is CC(Oc1cccc(CCO)c1)N1CCSc2ccccc21. The van der Waals surface area contributed by atoms with E-state index >= 15 is 0 Å². The Kier molecular flexibility index (Phi) is 4.90. The standard InChI is InChI=1S/C18H21NO2S/c1-14(21-16-6-4-5-15(13-16)9-11-20)19-10-12-22-18-8-3-2-7-17(18)19/h2-8,13-14,20H,9-12H2,1H3. The summed E-state index contributed by atoms with van der Waals surface area (Å²) in [7, 11) is 0. The molecule has 4 heteroatoms. The Morgan fingerprint density at radius 2 is 2.09 bits per heavy atom. The van der Waals surface area contributed by atoms with E-state index < -0.39 is 0 Å². The van der Waals surface area contributed by atoms with E-state index in [4.69, 9.17) is 9.84 Å². The number of para-hydroxylation sites is 1. The van der Waals surface area contributed by atoms with E-state index in [1.165, 1.54) is 10.6 Å². The summed E-state index contributed by atoms with van der Waals surface area (Å²) >= 11 is 1.90. The fourth-order valence-electron chi connectivity index (χ4n) is 2.73. The molecule has 0 radical (unpaired) electrons. The highest BCUT2D eigenvalue weighted by molar-refractivity contribution is 7.99. The average molecular weight is 315 g/mol. The molecule has 22 heavy (non-hydrogen) atoms. The van der Waals surface area contributed by atoms with Crippen molar-refractivity contribution in [1.82, 2.24) is 0 Å². The second-order valence-electron chi connectivity index (χ2n) is 5.35. The van der Waals surface area contributed by atoms with Crippen molar-refractivity contribution in [2.45, 2.75) is 24.5 Å². The molecule has 0 aromatic heterocycles. The molecule has 3 rings (SSSR count). The number of rotatable bonds is 5. The van der Waals surface area contributed by atoms with Gasteiger partial charge in [-0.2, -0.15) is 0 Å². The van der Waals surface area contributed by atoms with Gasteiger partial charge in [-0.1, -0.05) is 24.3 Å². The minimum Gasteiger partial charge on any atom is -0.471 e. The van der Waals surface area contributed by atoms with Crippen molar-refractivity contribution in [2.24, 2.45) is 0 Å². The highest BCUT2D eigenvalue weighted by Crippen LogP contribution is 2.35. The van der Waals surface area contributed by atoms with E-state index in [9.17, 15) is 0 Å². The third-order valence-electron chi connectivity index (χ3n) is 3.81. The molecule has 2 aromatic rings. The van der Waals surface area contributed by atoms with E-state index in [1.807, 2.05) is 36.0 Å². The summed E-state index contributed by atoms with van der Waals surface area (Å²) in [4.78, 5) is 3.63. The van der Waals surface area contributed by atoms with Crippen molar-refractivity contribution >= 4 is 17.4 Å². The summed E-state index contributed by atoms with van der Waals surface area (Å²) in [6.45, 7) is 3.24. The van der Waals surface area contributed by atoms with Gasteiger partial charge >= 0.3 is 0 Å². The fourth-order valence-corrected chi connectivity index (χ4v) is 3.75. The maximum absolute atomic E-state index is 9.05. The second-order valence-corrected chi connectivity index (χ2v) is 6.48. The highest BCUT2D eigenvalue weighted by Gasteiger charge is 2.22. The zero-order chi connectivity index (χ0) is 15.4. The Morgan fingerprint density at radius 1 is 1.23 bits per heavy atom. The lowest BCUT2D eigenvalue weighted by Gasteiger charge is -2.35. The summed E-state index contributed by atoms with van der Waals surface area (Å²) in [5, 5.41) is 9.05. The monoisotopic (exact) mass is 315 g/mol. The summed E-state index contributed by atoms with van der Waals surface area (Å²) < 4.78 is 6.13. The van der Waals surface area contributed by atoms with Crippen LogP contribution in [0.2, 0.25) is 0 Å². The van der Waals surface area contributed by atoms with Crippen molar-refractivity contribution in [1.29, 1.82) is 0 Å². The zero-order valence-corrected chi connectivity index (χ0v) is 13.6. The van der Waals surface area contributed by atoms with Gasteiger partial charge in [0.15, 0.2) is 6.23 Å². The maximum atomic E-state index is 9.05. The van der Waals surface area contributed by atoms with Gasteiger partial charge in [-0.3, -0.25) is 0 Å². The van der Waals surface area contributed by atoms with E-state index in [0.717, 1.165) is 23.6 Å². The largest absolute Gasteiger partial charge is 0.471 e. The lowest BCUT2D eigenvalue weighted by atomic mass is 10.1. The van der Waals surface area contributed by atoms with Crippen LogP contribution in [0, 0.1) is 0 Å². The van der Waals surface area contributed by atoms with Crippen LogP contribution < -0.4 is 9.64 Å². The number of thioether (sulfide) groups is 1. The molecule has 3 nitrogen and oxygen atoms in total. The van der Waals surface area contributed by atoms with Crippen LogP contribution in [0.25, 0.3) is 0 Å². The molecular weight excluding hydrogens is 294 g/mol. The number of ether oxygens (including phenoxy) is 1. The Morgan fingerprint density at radius 3 is 2.95 bits per heavy atom. The smallest absolute Gasteiger partial charge is 0.169 e. The van der Waals surface area contributed by atoms with Crippen LogP contribution in [0.5, 0.6) is 5.75 Å². The first kappa shape index (κ1) is 15.3. The molecule has 1 unspecified atom stereocenters. The number of fused-ring (bicyclic) bond motifs is 1. The third-order valence-corrected chi connectivity index (χ3v) is 4.85. The van der Waals surface area contributed by atoms with Gasteiger partial charge in [0, 0.05) is 23.8 Å². The van der Waals surface area contributed by atoms with E-state index in [2.05, 4.69) is 36.1 Å². The molecule has 1 aliphatic heterocycles. The molecule has 116 valence electrons. The number of hydrogen-bond acceptors (Lipinski definition) is 4. The molecule has 0 spiro atoms. The van der Waals surface area contributed by atoms with Crippen LogP contribution in [0.3, 0.4) is 0 Å². The third kappa shape index (κ3) is 3.39. The Bertz CT molecular complexity index is 632. The zero-order valence-electron chi connectivity index (χ0n) is 12.7. The molecule has 0 aliphatic carbocycles. The van der Waals surface area contributed by atoms with Gasteiger partial charge in [-0.05, 0) is 43.2 Å². The van der Waals surface area contributed by atoms with E-state index in [-0.39, 0.29) is 12.8 Å². The molecule has 0 saturated carbocycles. The van der Waals surface area contributed by atoms with Crippen molar-refractivity contribution in [3.8, 4) is 5.75 Å². The molecule has 2 aromatic carbocycles. The van der Waals surface area contributed by atoms with Crippen molar-refractivity contribution in [3.05, 3.63) is 54.1 Å². The van der Waals surface area contributed by atoms with Crippen LogP contribution in [0.15, 0.2) is 53.4 Å². The van der Waals surface area contributed by atoms with Gasteiger partial charge in [0.25, 0.3) is 0 Å². The highest BCUT2D eigenvalue weighted by atomic mass is 32.2. The number of nitrogens with zero attached hydrogens (tertiary/aromatic N) is 1. The summed E-state index contributed by atoms with van der Waals surface area (Å²) in [5.41, 5.74) is 2.35. The number of benzene rings is 2. The van der Waals surface area contributed by atoms with Crippen LogP contribution in [-0.4, -0.2) is 30.2 Å². The van der Waals surface area contributed by atoms with Crippen LogP contribution in [0.4, 0.5) is 5.69 Å². The quantitative estimate of drug-likeness (QED) is 0.914. The average Bonchev–Trinajstić information content (AvgIpc) is 2.55. The Labute approximate surface area is 135 Å². The first-order chi connectivity index (χ1) is 10.8. The summed E-state index contributed by atoms with van der Waals surface area (Å²) in [5.74, 6) is 1.93. The number of anilines is 1. The molecule has 0 bridgehead atoms. The second kappa shape index (κ2) is 7.07. The maximum Gasteiger partial charge on any atom is 0.169 e. The molecule has 0 fully saturated rings. The number of aliphatic hydroxyl groups excluding tert-OH is 1. The summed E-state index contributed by atoms with van der Waals surface area (Å²) in [6, 6.07) is 16.5. The topological polar surface area (TPSA) is 32.7 Å². The van der Waals surface area contributed by atoms with Crippen molar-refractivity contribution in [2.75, 3.05) is 23.8 Å². The van der Waals surface area contributed by atoms with Gasteiger partial charge in [0.05, 0.1) is 5.69 Å². The molecule has 0 saturated heterocycles. The molecule has 1 aliphatic rings. The van der Waals surface area contributed by atoms with Gasteiger partial charge < -0.3 is 14.7 Å².